The number of carbonyl (C=O) groups excluding carboxylic acids is 1. The minimum absolute atomic E-state index is 0.0637. The SMILES string of the molecule is Cc1ccc2cc(C(=O)NCCS(=O)(=O)N3CCc4ccccc43)[nH]c2c1. The highest BCUT2D eigenvalue weighted by Crippen LogP contribution is 2.29. The van der Waals surface area contributed by atoms with Gasteiger partial charge in [0, 0.05) is 24.0 Å². The quantitative estimate of drug-likeness (QED) is 0.710. The summed E-state index contributed by atoms with van der Waals surface area (Å²) < 4.78 is 26.8. The minimum Gasteiger partial charge on any atom is -0.351 e. The molecule has 0 fully saturated rings. The lowest BCUT2D eigenvalue weighted by Crippen LogP contribution is -2.37. The van der Waals surface area contributed by atoms with Gasteiger partial charge in [0.1, 0.15) is 5.69 Å². The zero-order valence-electron chi connectivity index (χ0n) is 15.0. The first kappa shape index (κ1) is 17.6. The number of aryl methyl sites for hydroxylation is 1. The second-order valence-electron chi connectivity index (χ2n) is 6.80. The van der Waals surface area contributed by atoms with E-state index in [2.05, 4.69) is 10.3 Å². The smallest absolute Gasteiger partial charge is 0.267 e. The molecule has 0 aliphatic carbocycles. The molecule has 0 bridgehead atoms. The number of rotatable bonds is 5. The van der Waals surface area contributed by atoms with Crippen molar-refractivity contribution in [2.75, 3.05) is 23.1 Å². The molecule has 2 N–H and O–H groups in total. The van der Waals surface area contributed by atoms with Gasteiger partial charge in [0.2, 0.25) is 10.0 Å². The van der Waals surface area contributed by atoms with Crippen LogP contribution >= 0.6 is 0 Å². The van der Waals surface area contributed by atoms with E-state index in [9.17, 15) is 13.2 Å². The molecule has 6 nitrogen and oxygen atoms in total. The molecule has 0 saturated carbocycles. The fourth-order valence-electron chi connectivity index (χ4n) is 3.46. The molecule has 0 saturated heterocycles. The van der Waals surface area contributed by atoms with Crippen molar-refractivity contribution in [1.29, 1.82) is 0 Å². The topological polar surface area (TPSA) is 82.3 Å². The van der Waals surface area contributed by atoms with Crippen LogP contribution < -0.4 is 9.62 Å². The Bertz CT molecular complexity index is 1120. The van der Waals surface area contributed by atoms with E-state index in [0.29, 0.717) is 12.2 Å². The molecule has 0 atom stereocenters. The second-order valence-corrected chi connectivity index (χ2v) is 8.81. The number of nitrogens with one attached hydrogen (secondary N) is 2. The molecule has 1 amide bonds. The van der Waals surface area contributed by atoms with Crippen molar-refractivity contribution in [2.24, 2.45) is 0 Å². The summed E-state index contributed by atoms with van der Waals surface area (Å²) in [5, 5.41) is 3.65. The van der Waals surface area contributed by atoms with E-state index in [4.69, 9.17) is 0 Å². The molecule has 0 radical (unpaired) electrons. The Labute approximate surface area is 158 Å². The fourth-order valence-corrected chi connectivity index (χ4v) is 4.89. The summed E-state index contributed by atoms with van der Waals surface area (Å²) in [4.78, 5) is 15.4. The van der Waals surface area contributed by atoms with Crippen molar-refractivity contribution in [2.45, 2.75) is 13.3 Å². The Morgan fingerprint density at radius 2 is 2.00 bits per heavy atom. The summed E-state index contributed by atoms with van der Waals surface area (Å²) in [6.07, 6.45) is 0.718. The molecular formula is C20H21N3O3S. The van der Waals surface area contributed by atoms with Gasteiger partial charge in [-0.2, -0.15) is 0 Å². The average molecular weight is 383 g/mol. The average Bonchev–Trinajstić information content (AvgIpc) is 3.25. The van der Waals surface area contributed by atoms with Gasteiger partial charge < -0.3 is 10.3 Å². The fraction of sp³-hybridized carbons (Fsp3) is 0.250. The third-order valence-electron chi connectivity index (χ3n) is 4.85. The van der Waals surface area contributed by atoms with E-state index < -0.39 is 10.0 Å². The summed E-state index contributed by atoms with van der Waals surface area (Å²) in [7, 11) is -3.47. The van der Waals surface area contributed by atoms with Crippen LogP contribution in [0.15, 0.2) is 48.5 Å². The number of amides is 1. The molecule has 1 aliphatic rings. The molecule has 0 spiro atoms. The van der Waals surface area contributed by atoms with Gasteiger partial charge in [0.25, 0.3) is 5.91 Å². The molecule has 1 aliphatic heterocycles. The summed E-state index contributed by atoms with van der Waals surface area (Å²) in [6.45, 7) is 2.51. The molecule has 2 heterocycles. The molecule has 7 heteroatoms. The summed E-state index contributed by atoms with van der Waals surface area (Å²) >= 11 is 0. The van der Waals surface area contributed by atoms with Crippen LogP contribution in [0.3, 0.4) is 0 Å². The van der Waals surface area contributed by atoms with E-state index in [-0.39, 0.29) is 18.2 Å². The van der Waals surface area contributed by atoms with Gasteiger partial charge in [-0.25, -0.2) is 8.42 Å². The first-order chi connectivity index (χ1) is 12.9. The highest BCUT2D eigenvalue weighted by molar-refractivity contribution is 7.92. The third-order valence-corrected chi connectivity index (χ3v) is 6.62. The van der Waals surface area contributed by atoms with Crippen LogP contribution in [0, 0.1) is 6.92 Å². The van der Waals surface area contributed by atoms with Crippen molar-refractivity contribution in [3.05, 3.63) is 65.4 Å². The lowest BCUT2D eigenvalue weighted by molar-refractivity contribution is 0.0952. The van der Waals surface area contributed by atoms with Crippen molar-refractivity contribution in [1.82, 2.24) is 10.3 Å². The molecule has 2 aromatic carbocycles. The number of carbonyl (C=O) groups is 1. The zero-order valence-corrected chi connectivity index (χ0v) is 15.8. The maximum Gasteiger partial charge on any atom is 0.267 e. The van der Waals surface area contributed by atoms with Gasteiger partial charge in [-0.3, -0.25) is 9.10 Å². The number of aromatic amines is 1. The largest absolute Gasteiger partial charge is 0.351 e. The number of aromatic nitrogens is 1. The van der Waals surface area contributed by atoms with Gasteiger partial charge in [-0.15, -0.1) is 0 Å². The van der Waals surface area contributed by atoms with Gasteiger partial charge in [-0.05, 0) is 42.7 Å². The van der Waals surface area contributed by atoms with Crippen LogP contribution in [-0.2, 0) is 16.4 Å². The Morgan fingerprint density at radius 3 is 2.85 bits per heavy atom. The normalized spacial score (nSPS) is 13.7. The van der Waals surface area contributed by atoms with Crippen molar-refractivity contribution < 1.29 is 13.2 Å². The van der Waals surface area contributed by atoms with Crippen LogP contribution in [0.1, 0.15) is 21.6 Å². The molecule has 27 heavy (non-hydrogen) atoms. The highest BCUT2D eigenvalue weighted by atomic mass is 32.2. The molecular weight excluding hydrogens is 362 g/mol. The number of benzene rings is 2. The monoisotopic (exact) mass is 383 g/mol. The standard InChI is InChI=1S/C20H21N3O3S/c1-14-6-7-16-13-18(22-17(16)12-14)20(24)21-9-11-27(25,26)23-10-8-15-4-2-3-5-19(15)23/h2-7,12-13,22H,8-11H2,1H3,(H,21,24). The minimum atomic E-state index is -3.47. The highest BCUT2D eigenvalue weighted by Gasteiger charge is 2.28. The van der Waals surface area contributed by atoms with E-state index in [1.165, 1.54) is 4.31 Å². The predicted molar refractivity (Wildman–Crippen MR) is 107 cm³/mol. The van der Waals surface area contributed by atoms with Crippen molar-refractivity contribution in [3.8, 4) is 0 Å². The Kier molecular flexibility index (Phi) is 4.39. The van der Waals surface area contributed by atoms with Crippen LogP contribution in [0.25, 0.3) is 10.9 Å². The van der Waals surface area contributed by atoms with Gasteiger partial charge in [-0.1, -0.05) is 30.3 Å². The third kappa shape index (κ3) is 3.42. The molecule has 0 unspecified atom stereocenters. The molecule has 140 valence electrons. The zero-order chi connectivity index (χ0) is 19.0. The number of sulfonamides is 1. The van der Waals surface area contributed by atoms with Gasteiger partial charge in [0.05, 0.1) is 11.4 Å². The van der Waals surface area contributed by atoms with Crippen molar-refractivity contribution >= 4 is 32.5 Å². The van der Waals surface area contributed by atoms with E-state index in [1.54, 1.807) is 6.07 Å². The first-order valence-corrected chi connectivity index (χ1v) is 10.5. The van der Waals surface area contributed by atoms with Crippen LogP contribution in [0.2, 0.25) is 0 Å². The first-order valence-electron chi connectivity index (χ1n) is 8.90. The molecule has 4 rings (SSSR count). The summed E-state index contributed by atoms with van der Waals surface area (Å²) in [6, 6.07) is 15.2. The Morgan fingerprint density at radius 1 is 1.19 bits per heavy atom. The maximum atomic E-state index is 12.7. The number of hydrogen-bond acceptors (Lipinski definition) is 3. The Balaban J connectivity index is 1.40. The number of anilines is 1. The molecule has 3 aromatic rings. The van der Waals surface area contributed by atoms with Crippen LogP contribution in [0.4, 0.5) is 5.69 Å². The van der Waals surface area contributed by atoms with Crippen LogP contribution in [0.5, 0.6) is 0 Å². The number of H-pyrrole nitrogens is 1. The second kappa shape index (κ2) is 6.74. The Hall–Kier alpha value is -2.80. The summed E-state index contributed by atoms with van der Waals surface area (Å²) in [5.74, 6) is -0.437. The lowest BCUT2D eigenvalue weighted by Gasteiger charge is -2.19. The lowest BCUT2D eigenvalue weighted by atomic mass is 10.2. The van der Waals surface area contributed by atoms with Crippen LogP contribution in [-0.4, -0.2) is 38.2 Å². The number of para-hydroxylation sites is 1. The number of hydrogen-bond donors (Lipinski definition) is 2. The van der Waals surface area contributed by atoms with Crippen molar-refractivity contribution in [3.63, 3.8) is 0 Å². The maximum absolute atomic E-state index is 12.7. The van der Waals surface area contributed by atoms with Gasteiger partial charge >= 0.3 is 0 Å². The number of fused-ring (bicyclic) bond motifs is 2. The number of nitrogens with zero attached hydrogens (tertiary/aromatic N) is 1. The predicted octanol–water partition coefficient (Wildman–Crippen LogP) is 2.60. The van der Waals surface area contributed by atoms with E-state index in [0.717, 1.165) is 34.1 Å². The van der Waals surface area contributed by atoms with Gasteiger partial charge in [0.15, 0.2) is 0 Å². The summed E-state index contributed by atoms with van der Waals surface area (Å²) in [5.41, 5.74) is 4.21. The van der Waals surface area contributed by atoms with E-state index >= 15 is 0 Å². The van der Waals surface area contributed by atoms with E-state index in [1.807, 2.05) is 49.4 Å². The molecule has 1 aromatic heterocycles.